The molecule has 0 aliphatic heterocycles. The molecule has 1 amide bonds. The zero-order chi connectivity index (χ0) is 10.1. The van der Waals surface area contributed by atoms with Crippen molar-refractivity contribution in [2.75, 3.05) is 13.2 Å². The van der Waals surface area contributed by atoms with Gasteiger partial charge >= 0.3 is 6.09 Å². The second-order valence-corrected chi connectivity index (χ2v) is 2.77. The molecular weight excluding hydrogens is 170 g/mol. The number of rotatable bonds is 6. The molecule has 0 aromatic carbocycles. The molecule has 0 aromatic rings. The highest BCUT2D eigenvalue weighted by Gasteiger charge is 2.02. The van der Waals surface area contributed by atoms with E-state index in [0.29, 0.717) is 13.2 Å². The molecule has 0 saturated heterocycles. The Bertz CT molecular complexity index is 157. The standard InChI is InChI=1S/C9H17NO3/c1-4-12-7-5-6-10-9(11)13-8(2)3/h4,8H,1,5-7H2,2-3H3,(H,10,11). The Labute approximate surface area is 78.9 Å². The molecule has 1 N–H and O–H groups in total. The highest BCUT2D eigenvalue weighted by atomic mass is 16.6. The summed E-state index contributed by atoms with van der Waals surface area (Å²) in [6, 6.07) is 0. The maximum atomic E-state index is 10.9. The minimum Gasteiger partial charge on any atom is -0.502 e. The van der Waals surface area contributed by atoms with Gasteiger partial charge in [-0.05, 0) is 20.3 Å². The van der Waals surface area contributed by atoms with Crippen molar-refractivity contribution in [2.45, 2.75) is 26.4 Å². The Balaban J connectivity index is 3.22. The van der Waals surface area contributed by atoms with Crippen LogP contribution in [-0.4, -0.2) is 25.3 Å². The molecule has 0 aliphatic carbocycles. The zero-order valence-corrected chi connectivity index (χ0v) is 8.21. The number of ether oxygens (including phenoxy) is 2. The van der Waals surface area contributed by atoms with Crippen LogP contribution in [0.25, 0.3) is 0 Å². The van der Waals surface area contributed by atoms with Crippen molar-refractivity contribution in [3.05, 3.63) is 12.8 Å². The highest BCUT2D eigenvalue weighted by molar-refractivity contribution is 5.67. The molecular formula is C9H17NO3. The van der Waals surface area contributed by atoms with E-state index in [1.807, 2.05) is 0 Å². The lowest BCUT2D eigenvalue weighted by molar-refractivity contribution is 0.115. The van der Waals surface area contributed by atoms with Gasteiger partial charge in [-0.15, -0.1) is 0 Å². The third-order valence-electron chi connectivity index (χ3n) is 1.17. The van der Waals surface area contributed by atoms with Crippen molar-refractivity contribution in [1.29, 1.82) is 0 Å². The van der Waals surface area contributed by atoms with Crippen LogP contribution in [0.2, 0.25) is 0 Å². The smallest absolute Gasteiger partial charge is 0.407 e. The van der Waals surface area contributed by atoms with Crippen LogP contribution < -0.4 is 5.32 Å². The summed E-state index contributed by atoms with van der Waals surface area (Å²) in [5.41, 5.74) is 0. The molecule has 0 unspecified atom stereocenters. The van der Waals surface area contributed by atoms with Crippen molar-refractivity contribution in [3.8, 4) is 0 Å². The monoisotopic (exact) mass is 187 g/mol. The van der Waals surface area contributed by atoms with E-state index in [1.54, 1.807) is 13.8 Å². The van der Waals surface area contributed by atoms with Crippen LogP contribution in [0.1, 0.15) is 20.3 Å². The molecule has 4 heteroatoms. The van der Waals surface area contributed by atoms with Crippen LogP contribution in [0.4, 0.5) is 4.79 Å². The average molecular weight is 187 g/mol. The number of carbonyl (C=O) groups excluding carboxylic acids is 1. The second kappa shape index (κ2) is 7.46. The van der Waals surface area contributed by atoms with Crippen LogP contribution in [0.5, 0.6) is 0 Å². The van der Waals surface area contributed by atoms with Crippen LogP contribution in [0.15, 0.2) is 12.8 Å². The number of hydrogen-bond donors (Lipinski definition) is 1. The predicted octanol–water partition coefficient (Wildman–Crippen LogP) is 1.67. The molecule has 13 heavy (non-hydrogen) atoms. The SMILES string of the molecule is C=COCCCNC(=O)OC(C)C. The second-order valence-electron chi connectivity index (χ2n) is 2.77. The van der Waals surface area contributed by atoms with Gasteiger partial charge in [0.1, 0.15) is 0 Å². The lowest BCUT2D eigenvalue weighted by Crippen LogP contribution is -2.28. The van der Waals surface area contributed by atoms with E-state index in [0.717, 1.165) is 6.42 Å². The maximum Gasteiger partial charge on any atom is 0.407 e. The topological polar surface area (TPSA) is 47.6 Å². The number of carbonyl (C=O) groups is 1. The summed E-state index contributed by atoms with van der Waals surface area (Å²) in [7, 11) is 0. The quantitative estimate of drug-likeness (QED) is 0.508. The van der Waals surface area contributed by atoms with Crippen molar-refractivity contribution in [2.24, 2.45) is 0 Å². The molecule has 0 aromatic heterocycles. The fraction of sp³-hybridized carbons (Fsp3) is 0.667. The predicted molar refractivity (Wildman–Crippen MR) is 50.4 cm³/mol. The fourth-order valence-electron chi connectivity index (χ4n) is 0.685. The van der Waals surface area contributed by atoms with Gasteiger partial charge in [0.25, 0.3) is 0 Å². The van der Waals surface area contributed by atoms with Crippen LogP contribution in [0.3, 0.4) is 0 Å². The van der Waals surface area contributed by atoms with Gasteiger partial charge in [-0.25, -0.2) is 4.79 Å². The lowest BCUT2D eigenvalue weighted by Gasteiger charge is -2.08. The summed E-state index contributed by atoms with van der Waals surface area (Å²) in [6.45, 7) is 8.13. The van der Waals surface area contributed by atoms with Crippen molar-refractivity contribution in [1.82, 2.24) is 5.32 Å². The Morgan fingerprint density at radius 1 is 1.62 bits per heavy atom. The summed E-state index contributed by atoms with van der Waals surface area (Å²) in [5.74, 6) is 0. The molecule has 0 radical (unpaired) electrons. The van der Waals surface area contributed by atoms with E-state index in [2.05, 4.69) is 11.9 Å². The van der Waals surface area contributed by atoms with E-state index in [-0.39, 0.29) is 12.2 Å². The zero-order valence-electron chi connectivity index (χ0n) is 8.21. The molecule has 76 valence electrons. The van der Waals surface area contributed by atoms with Gasteiger partial charge in [0.2, 0.25) is 0 Å². The third-order valence-corrected chi connectivity index (χ3v) is 1.17. The summed E-state index contributed by atoms with van der Waals surface area (Å²) < 4.78 is 9.71. The lowest BCUT2D eigenvalue weighted by atomic mass is 10.4. The molecule has 0 rings (SSSR count). The van der Waals surface area contributed by atoms with E-state index in [4.69, 9.17) is 9.47 Å². The summed E-state index contributed by atoms with van der Waals surface area (Å²) in [5, 5.41) is 2.60. The number of amides is 1. The first-order valence-electron chi connectivity index (χ1n) is 4.33. The molecule has 0 saturated carbocycles. The largest absolute Gasteiger partial charge is 0.502 e. The number of alkyl carbamates (subject to hydrolysis) is 1. The van der Waals surface area contributed by atoms with Gasteiger partial charge < -0.3 is 14.8 Å². The fourth-order valence-corrected chi connectivity index (χ4v) is 0.685. The highest BCUT2D eigenvalue weighted by Crippen LogP contribution is 1.88. The van der Waals surface area contributed by atoms with Gasteiger partial charge in [-0.2, -0.15) is 0 Å². The average Bonchev–Trinajstić information content (AvgIpc) is 2.02. The maximum absolute atomic E-state index is 10.9. The Kier molecular flexibility index (Phi) is 6.78. The molecule has 0 bridgehead atoms. The summed E-state index contributed by atoms with van der Waals surface area (Å²) in [4.78, 5) is 10.9. The molecule has 0 spiro atoms. The normalized spacial score (nSPS) is 9.46. The van der Waals surface area contributed by atoms with Gasteiger partial charge in [0.15, 0.2) is 0 Å². The molecule has 0 atom stereocenters. The van der Waals surface area contributed by atoms with E-state index < -0.39 is 0 Å². The van der Waals surface area contributed by atoms with Gasteiger partial charge in [-0.1, -0.05) is 6.58 Å². The van der Waals surface area contributed by atoms with Crippen LogP contribution in [-0.2, 0) is 9.47 Å². The minimum atomic E-state index is -0.381. The Morgan fingerprint density at radius 2 is 2.31 bits per heavy atom. The van der Waals surface area contributed by atoms with Gasteiger partial charge in [-0.3, -0.25) is 0 Å². The first kappa shape index (κ1) is 11.8. The Morgan fingerprint density at radius 3 is 2.85 bits per heavy atom. The first-order valence-corrected chi connectivity index (χ1v) is 4.33. The summed E-state index contributed by atoms with van der Waals surface area (Å²) >= 11 is 0. The van der Waals surface area contributed by atoms with Crippen LogP contribution in [0, 0.1) is 0 Å². The number of nitrogens with one attached hydrogen (secondary N) is 1. The van der Waals surface area contributed by atoms with Crippen molar-refractivity contribution >= 4 is 6.09 Å². The molecule has 0 fully saturated rings. The molecule has 0 aliphatic rings. The third kappa shape index (κ3) is 8.72. The minimum absolute atomic E-state index is 0.0792. The Hall–Kier alpha value is -1.19. The van der Waals surface area contributed by atoms with E-state index in [9.17, 15) is 4.79 Å². The van der Waals surface area contributed by atoms with E-state index >= 15 is 0 Å². The summed E-state index contributed by atoms with van der Waals surface area (Å²) in [6.07, 6.45) is 1.67. The van der Waals surface area contributed by atoms with Crippen molar-refractivity contribution < 1.29 is 14.3 Å². The van der Waals surface area contributed by atoms with Gasteiger partial charge in [0, 0.05) is 6.54 Å². The molecule has 0 heterocycles. The number of hydrogen-bond acceptors (Lipinski definition) is 3. The van der Waals surface area contributed by atoms with Crippen molar-refractivity contribution in [3.63, 3.8) is 0 Å². The van der Waals surface area contributed by atoms with Gasteiger partial charge in [0.05, 0.1) is 19.0 Å². The first-order chi connectivity index (χ1) is 6.16. The van der Waals surface area contributed by atoms with E-state index in [1.165, 1.54) is 6.26 Å². The van der Waals surface area contributed by atoms with Crippen LogP contribution >= 0.6 is 0 Å². The molecule has 4 nitrogen and oxygen atoms in total.